The van der Waals surface area contributed by atoms with E-state index in [1.807, 2.05) is 18.4 Å². The zero-order chi connectivity index (χ0) is 16.4. The van der Waals surface area contributed by atoms with Crippen LogP contribution in [-0.4, -0.2) is 26.5 Å². The van der Waals surface area contributed by atoms with Gasteiger partial charge in [0.25, 0.3) is 5.69 Å². The molecule has 2 heterocycles. The molecule has 9 heteroatoms. The van der Waals surface area contributed by atoms with E-state index in [4.69, 9.17) is 9.47 Å². The highest BCUT2D eigenvalue weighted by molar-refractivity contribution is 7.98. The highest BCUT2D eigenvalue weighted by atomic mass is 32.2. The smallest absolute Gasteiger partial charge is 0.270 e. The summed E-state index contributed by atoms with van der Waals surface area (Å²) in [4.78, 5) is 10.7. The van der Waals surface area contributed by atoms with Crippen molar-refractivity contribution in [2.75, 3.05) is 6.79 Å². The van der Waals surface area contributed by atoms with Crippen LogP contribution in [0.1, 0.15) is 31.0 Å². The summed E-state index contributed by atoms with van der Waals surface area (Å²) in [7, 11) is 0. The van der Waals surface area contributed by atoms with Crippen LogP contribution in [0.25, 0.3) is 0 Å². The molecule has 0 N–H and O–H groups in total. The van der Waals surface area contributed by atoms with Crippen molar-refractivity contribution in [3.05, 3.63) is 39.7 Å². The molecule has 0 unspecified atom stereocenters. The first-order chi connectivity index (χ1) is 11.1. The molecule has 23 heavy (non-hydrogen) atoms. The topological polar surface area (TPSA) is 92.3 Å². The molecule has 0 aliphatic carbocycles. The largest absolute Gasteiger partial charge is 0.467 e. The summed E-state index contributed by atoms with van der Waals surface area (Å²) < 4.78 is 12.7. The molecule has 122 valence electrons. The van der Waals surface area contributed by atoms with Crippen molar-refractivity contribution in [2.45, 2.75) is 37.4 Å². The Labute approximate surface area is 137 Å². The van der Waals surface area contributed by atoms with Crippen LogP contribution in [-0.2, 0) is 17.1 Å². The van der Waals surface area contributed by atoms with E-state index in [0.29, 0.717) is 23.7 Å². The van der Waals surface area contributed by atoms with Crippen molar-refractivity contribution in [3.8, 4) is 5.75 Å². The predicted molar refractivity (Wildman–Crippen MR) is 83.3 cm³/mol. The molecule has 0 amide bonds. The molecule has 1 aliphatic rings. The minimum Gasteiger partial charge on any atom is -0.467 e. The van der Waals surface area contributed by atoms with E-state index >= 15 is 0 Å². The molecular weight excluding hydrogens is 320 g/mol. The third-order valence-electron chi connectivity index (χ3n) is 3.44. The number of ether oxygens (including phenoxy) is 2. The van der Waals surface area contributed by atoms with Gasteiger partial charge in [-0.3, -0.25) is 10.1 Å². The van der Waals surface area contributed by atoms with E-state index in [0.717, 1.165) is 10.7 Å². The minimum atomic E-state index is -0.403. The van der Waals surface area contributed by atoms with E-state index < -0.39 is 4.92 Å². The molecule has 0 atom stereocenters. The maximum Gasteiger partial charge on any atom is 0.270 e. The van der Waals surface area contributed by atoms with Gasteiger partial charge in [0, 0.05) is 35.1 Å². The predicted octanol–water partition coefficient (Wildman–Crippen LogP) is 2.93. The highest BCUT2D eigenvalue weighted by Gasteiger charge is 2.21. The van der Waals surface area contributed by atoms with Crippen LogP contribution in [0.4, 0.5) is 5.69 Å². The van der Waals surface area contributed by atoms with Gasteiger partial charge in [-0.05, 0) is 13.8 Å². The van der Waals surface area contributed by atoms with Crippen molar-refractivity contribution < 1.29 is 14.4 Å². The number of non-ortho nitro benzene ring substituents is 1. The summed E-state index contributed by atoms with van der Waals surface area (Å²) in [6.45, 7) is 4.56. The van der Waals surface area contributed by atoms with Gasteiger partial charge in [-0.25, -0.2) is 0 Å². The maximum atomic E-state index is 11.1. The maximum absolute atomic E-state index is 11.1. The summed E-state index contributed by atoms with van der Waals surface area (Å²) >= 11 is 1.47. The molecule has 0 saturated heterocycles. The van der Waals surface area contributed by atoms with Crippen LogP contribution in [0.2, 0.25) is 0 Å². The van der Waals surface area contributed by atoms with Gasteiger partial charge in [-0.15, -0.1) is 10.2 Å². The molecular formula is C14H16N4O4S. The van der Waals surface area contributed by atoms with Gasteiger partial charge >= 0.3 is 0 Å². The van der Waals surface area contributed by atoms with E-state index in [-0.39, 0.29) is 18.5 Å². The summed E-state index contributed by atoms with van der Waals surface area (Å²) in [5, 5.41) is 19.9. The molecule has 0 fully saturated rings. The number of fused-ring (bicyclic) bond motifs is 1. The lowest BCUT2D eigenvalue weighted by Gasteiger charge is -2.20. The Kier molecular flexibility index (Phi) is 4.49. The van der Waals surface area contributed by atoms with Crippen LogP contribution in [0.3, 0.4) is 0 Å². The van der Waals surface area contributed by atoms with Crippen LogP contribution >= 0.6 is 11.8 Å². The van der Waals surface area contributed by atoms with Crippen LogP contribution in [0.15, 0.2) is 23.6 Å². The van der Waals surface area contributed by atoms with E-state index in [1.165, 1.54) is 17.8 Å². The average molecular weight is 336 g/mol. The van der Waals surface area contributed by atoms with Crippen LogP contribution in [0.5, 0.6) is 5.75 Å². The number of hydrogen-bond donors (Lipinski definition) is 0. The summed E-state index contributed by atoms with van der Waals surface area (Å²) in [5.41, 5.74) is 1.51. The molecule has 0 spiro atoms. The van der Waals surface area contributed by atoms with Crippen molar-refractivity contribution in [2.24, 2.45) is 0 Å². The summed E-state index contributed by atoms with van der Waals surface area (Å²) in [6, 6.07) is 3.29. The lowest BCUT2D eigenvalue weighted by molar-refractivity contribution is -0.385. The van der Waals surface area contributed by atoms with E-state index in [9.17, 15) is 10.1 Å². The Morgan fingerprint density at radius 1 is 1.48 bits per heavy atom. The minimum absolute atomic E-state index is 0.0405. The van der Waals surface area contributed by atoms with Crippen LogP contribution in [0, 0.1) is 10.1 Å². The van der Waals surface area contributed by atoms with Gasteiger partial charge in [-0.2, -0.15) is 0 Å². The molecule has 1 aromatic heterocycles. The van der Waals surface area contributed by atoms with Crippen molar-refractivity contribution in [1.29, 1.82) is 0 Å². The second kappa shape index (κ2) is 6.55. The lowest BCUT2D eigenvalue weighted by Crippen LogP contribution is -2.13. The standard InChI is InChI=1S/C14H16N4O4S/c1-9(2)17-7-15-16-14(17)23-6-11-4-12(18(19)20)3-10-5-21-8-22-13(10)11/h3-4,7,9H,5-6,8H2,1-2H3. The van der Waals surface area contributed by atoms with Gasteiger partial charge in [0.1, 0.15) is 12.1 Å². The van der Waals surface area contributed by atoms with Crippen LogP contribution < -0.4 is 4.74 Å². The third-order valence-corrected chi connectivity index (χ3v) is 4.44. The summed E-state index contributed by atoms with van der Waals surface area (Å²) in [5.74, 6) is 1.18. The fraction of sp³-hybridized carbons (Fsp3) is 0.429. The summed E-state index contributed by atoms with van der Waals surface area (Å²) in [6.07, 6.45) is 1.68. The zero-order valence-corrected chi connectivity index (χ0v) is 13.6. The number of benzene rings is 1. The van der Waals surface area contributed by atoms with Gasteiger partial charge in [0.15, 0.2) is 11.9 Å². The Hall–Kier alpha value is -2.13. The van der Waals surface area contributed by atoms with E-state index in [1.54, 1.807) is 12.4 Å². The fourth-order valence-corrected chi connectivity index (χ4v) is 3.34. The number of nitro groups is 1. The van der Waals surface area contributed by atoms with Crippen molar-refractivity contribution in [1.82, 2.24) is 14.8 Å². The van der Waals surface area contributed by atoms with Crippen molar-refractivity contribution in [3.63, 3.8) is 0 Å². The molecule has 1 aliphatic heterocycles. The monoisotopic (exact) mass is 336 g/mol. The number of hydrogen-bond acceptors (Lipinski definition) is 7. The molecule has 0 radical (unpaired) electrons. The highest BCUT2D eigenvalue weighted by Crippen LogP contribution is 2.36. The number of nitro benzene ring substituents is 1. The first-order valence-corrected chi connectivity index (χ1v) is 8.08. The quantitative estimate of drug-likeness (QED) is 0.471. The molecule has 3 rings (SSSR count). The average Bonchev–Trinajstić information content (AvgIpc) is 3.01. The molecule has 1 aromatic carbocycles. The number of nitrogens with zero attached hydrogens (tertiary/aromatic N) is 4. The zero-order valence-electron chi connectivity index (χ0n) is 12.8. The Bertz CT molecular complexity index is 732. The number of thioether (sulfide) groups is 1. The Morgan fingerprint density at radius 2 is 2.30 bits per heavy atom. The van der Waals surface area contributed by atoms with Crippen molar-refractivity contribution >= 4 is 17.4 Å². The number of aromatic nitrogens is 3. The molecule has 8 nitrogen and oxygen atoms in total. The Balaban J connectivity index is 1.88. The Morgan fingerprint density at radius 3 is 3.04 bits per heavy atom. The lowest BCUT2D eigenvalue weighted by atomic mass is 10.1. The normalized spacial score (nSPS) is 13.7. The molecule has 0 bridgehead atoms. The first kappa shape index (κ1) is 15.8. The second-order valence-electron chi connectivity index (χ2n) is 5.36. The fourth-order valence-electron chi connectivity index (χ4n) is 2.33. The second-order valence-corrected chi connectivity index (χ2v) is 6.31. The van der Waals surface area contributed by atoms with Gasteiger partial charge in [0.05, 0.1) is 11.5 Å². The van der Waals surface area contributed by atoms with Gasteiger partial charge in [-0.1, -0.05) is 11.8 Å². The van der Waals surface area contributed by atoms with Gasteiger partial charge in [0.2, 0.25) is 0 Å². The number of rotatable bonds is 5. The van der Waals surface area contributed by atoms with E-state index in [2.05, 4.69) is 10.2 Å². The third kappa shape index (κ3) is 3.30. The molecule has 2 aromatic rings. The first-order valence-electron chi connectivity index (χ1n) is 7.09. The molecule has 0 saturated carbocycles. The SMILES string of the molecule is CC(C)n1cnnc1SCc1cc([N+](=O)[O-])cc2c1OCOC2. The van der Waals surface area contributed by atoms with Gasteiger partial charge < -0.3 is 14.0 Å².